The van der Waals surface area contributed by atoms with Gasteiger partial charge in [0, 0.05) is 32.0 Å². The highest BCUT2D eigenvalue weighted by Crippen LogP contribution is 2.10. The number of hydrogen-bond acceptors (Lipinski definition) is 2. The number of aromatic nitrogens is 2. The van der Waals surface area contributed by atoms with E-state index < -0.39 is 0 Å². The Morgan fingerprint density at radius 3 is 2.46 bits per heavy atom. The molecule has 1 aromatic heterocycles. The third-order valence-electron chi connectivity index (χ3n) is 4.33. The second-order valence-corrected chi connectivity index (χ2v) is 6.46. The van der Waals surface area contributed by atoms with Gasteiger partial charge in [0.2, 0.25) is 0 Å². The molecule has 28 heavy (non-hydrogen) atoms. The lowest BCUT2D eigenvalue weighted by molar-refractivity contribution is 0.760. The highest BCUT2D eigenvalue weighted by Gasteiger charge is 2.02. The predicted octanol–water partition coefficient (Wildman–Crippen LogP) is 4.11. The SMILES string of the molecule is CCNC(=NCc1cccc(Cn2ccnc2C)c1)NCc1ccccc1.I. The van der Waals surface area contributed by atoms with Crippen molar-refractivity contribution in [1.29, 1.82) is 0 Å². The number of guanidine groups is 1. The van der Waals surface area contributed by atoms with Crippen molar-refractivity contribution in [2.45, 2.75) is 33.5 Å². The van der Waals surface area contributed by atoms with E-state index in [0.29, 0.717) is 6.54 Å². The molecule has 148 valence electrons. The quantitative estimate of drug-likeness (QED) is 0.299. The standard InChI is InChI=1S/C22H27N5.HI/c1-3-23-22(25-15-19-8-5-4-6-9-19)26-16-20-10-7-11-21(14-20)17-27-13-12-24-18(27)2;/h4-14H,3,15-17H2,1-2H3,(H2,23,25,26);1H. The molecule has 0 atom stereocenters. The Morgan fingerprint density at radius 2 is 1.75 bits per heavy atom. The minimum absolute atomic E-state index is 0. The maximum absolute atomic E-state index is 4.73. The van der Waals surface area contributed by atoms with Crippen LogP contribution in [0.15, 0.2) is 72.0 Å². The number of aryl methyl sites for hydroxylation is 1. The summed E-state index contributed by atoms with van der Waals surface area (Å²) in [4.78, 5) is 9.01. The maximum Gasteiger partial charge on any atom is 0.191 e. The number of aliphatic imine (C=N–C) groups is 1. The second kappa shape index (κ2) is 11.5. The van der Waals surface area contributed by atoms with Gasteiger partial charge in [-0.05, 0) is 30.5 Å². The van der Waals surface area contributed by atoms with Crippen molar-refractivity contribution in [3.8, 4) is 0 Å². The molecule has 6 heteroatoms. The van der Waals surface area contributed by atoms with E-state index >= 15 is 0 Å². The van der Waals surface area contributed by atoms with Crippen LogP contribution in [0, 0.1) is 6.92 Å². The Labute approximate surface area is 184 Å². The van der Waals surface area contributed by atoms with Crippen molar-refractivity contribution in [2.75, 3.05) is 6.54 Å². The molecule has 2 aromatic carbocycles. The molecule has 0 aliphatic heterocycles. The third kappa shape index (κ3) is 6.67. The fourth-order valence-electron chi connectivity index (χ4n) is 2.89. The van der Waals surface area contributed by atoms with Gasteiger partial charge in [0.1, 0.15) is 5.82 Å². The zero-order chi connectivity index (χ0) is 18.9. The lowest BCUT2D eigenvalue weighted by atomic mass is 10.1. The van der Waals surface area contributed by atoms with Gasteiger partial charge in [0.05, 0.1) is 6.54 Å². The van der Waals surface area contributed by atoms with Crippen molar-refractivity contribution in [3.63, 3.8) is 0 Å². The molecule has 0 saturated heterocycles. The molecule has 0 aliphatic rings. The summed E-state index contributed by atoms with van der Waals surface area (Å²) in [5, 5.41) is 6.70. The number of rotatable bonds is 7. The minimum atomic E-state index is 0. The van der Waals surface area contributed by atoms with Crippen LogP contribution in [0.2, 0.25) is 0 Å². The van der Waals surface area contributed by atoms with Crippen LogP contribution in [0.3, 0.4) is 0 Å². The summed E-state index contributed by atoms with van der Waals surface area (Å²) in [6.45, 7) is 7.16. The van der Waals surface area contributed by atoms with Crippen LogP contribution in [0.5, 0.6) is 0 Å². The number of halogens is 1. The van der Waals surface area contributed by atoms with E-state index in [1.165, 1.54) is 16.7 Å². The molecule has 0 unspecified atom stereocenters. The zero-order valence-corrected chi connectivity index (χ0v) is 18.8. The van der Waals surface area contributed by atoms with E-state index in [-0.39, 0.29) is 24.0 Å². The summed E-state index contributed by atoms with van der Waals surface area (Å²) in [7, 11) is 0. The molecule has 0 spiro atoms. The highest BCUT2D eigenvalue weighted by molar-refractivity contribution is 14.0. The Morgan fingerprint density at radius 1 is 1.00 bits per heavy atom. The van der Waals surface area contributed by atoms with E-state index in [0.717, 1.165) is 31.4 Å². The van der Waals surface area contributed by atoms with Crippen molar-refractivity contribution in [2.24, 2.45) is 4.99 Å². The molecule has 5 nitrogen and oxygen atoms in total. The summed E-state index contributed by atoms with van der Waals surface area (Å²) in [5.41, 5.74) is 3.69. The first-order valence-electron chi connectivity index (χ1n) is 9.36. The summed E-state index contributed by atoms with van der Waals surface area (Å²) >= 11 is 0. The first kappa shape index (κ1) is 21.9. The molecule has 0 fully saturated rings. The summed E-state index contributed by atoms with van der Waals surface area (Å²) in [6.07, 6.45) is 3.85. The fraction of sp³-hybridized carbons (Fsp3) is 0.273. The van der Waals surface area contributed by atoms with Crippen LogP contribution in [0.4, 0.5) is 0 Å². The molecule has 0 saturated carbocycles. The number of hydrogen-bond donors (Lipinski definition) is 2. The number of benzene rings is 2. The molecular formula is C22H28IN5. The van der Waals surface area contributed by atoms with Crippen LogP contribution in [-0.4, -0.2) is 22.1 Å². The number of imidazole rings is 1. The Kier molecular flexibility index (Phi) is 9.00. The van der Waals surface area contributed by atoms with Gasteiger partial charge >= 0.3 is 0 Å². The van der Waals surface area contributed by atoms with E-state index in [1.807, 2.05) is 25.4 Å². The molecule has 1 heterocycles. The van der Waals surface area contributed by atoms with Crippen LogP contribution in [-0.2, 0) is 19.6 Å². The summed E-state index contributed by atoms with van der Waals surface area (Å²) < 4.78 is 2.15. The lowest BCUT2D eigenvalue weighted by Crippen LogP contribution is -2.36. The van der Waals surface area contributed by atoms with Gasteiger partial charge in [-0.15, -0.1) is 24.0 Å². The smallest absolute Gasteiger partial charge is 0.191 e. The molecule has 0 radical (unpaired) electrons. The van der Waals surface area contributed by atoms with E-state index in [1.54, 1.807) is 0 Å². The van der Waals surface area contributed by atoms with E-state index in [9.17, 15) is 0 Å². The molecule has 2 N–H and O–H groups in total. The number of nitrogens with zero attached hydrogens (tertiary/aromatic N) is 3. The average molecular weight is 489 g/mol. The first-order chi connectivity index (χ1) is 13.2. The fourth-order valence-corrected chi connectivity index (χ4v) is 2.89. The largest absolute Gasteiger partial charge is 0.357 e. The normalized spacial score (nSPS) is 11.0. The van der Waals surface area contributed by atoms with Gasteiger partial charge in [-0.25, -0.2) is 9.98 Å². The van der Waals surface area contributed by atoms with Crippen molar-refractivity contribution >= 4 is 29.9 Å². The summed E-state index contributed by atoms with van der Waals surface area (Å²) in [6, 6.07) is 18.9. The van der Waals surface area contributed by atoms with Gasteiger partial charge in [-0.1, -0.05) is 54.6 Å². The van der Waals surface area contributed by atoms with Gasteiger partial charge in [0.25, 0.3) is 0 Å². The maximum atomic E-state index is 4.73. The Hall–Kier alpha value is -2.35. The van der Waals surface area contributed by atoms with Gasteiger partial charge in [-0.2, -0.15) is 0 Å². The van der Waals surface area contributed by atoms with Crippen LogP contribution in [0.1, 0.15) is 29.4 Å². The Bertz CT molecular complexity index is 873. The molecule has 0 bridgehead atoms. The van der Waals surface area contributed by atoms with Crippen molar-refractivity contribution in [1.82, 2.24) is 20.2 Å². The second-order valence-electron chi connectivity index (χ2n) is 6.46. The Balaban J connectivity index is 0.00000280. The van der Waals surface area contributed by atoms with Crippen molar-refractivity contribution < 1.29 is 0 Å². The minimum Gasteiger partial charge on any atom is -0.357 e. The summed E-state index contributed by atoms with van der Waals surface area (Å²) in [5.74, 6) is 1.86. The monoisotopic (exact) mass is 489 g/mol. The van der Waals surface area contributed by atoms with Gasteiger partial charge in [-0.3, -0.25) is 0 Å². The molecule has 3 aromatic rings. The highest BCUT2D eigenvalue weighted by atomic mass is 127. The van der Waals surface area contributed by atoms with Crippen molar-refractivity contribution in [3.05, 3.63) is 89.5 Å². The van der Waals surface area contributed by atoms with Crippen LogP contribution < -0.4 is 10.6 Å². The average Bonchev–Trinajstić information content (AvgIpc) is 3.10. The number of nitrogens with one attached hydrogen (secondary N) is 2. The molecular weight excluding hydrogens is 461 g/mol. The van der Waals surface area contributed by atoms with Gasteiger partial charge in [0.15, 0.2) is 5.96 Å². The topological polar surface area (TPSA) is 54.2 Å². The predicted molar refractivity (Wildman–Crippen MR) is 126 cm³/mol. The van der Waals surface area contributed by atoms with Gasteiger partial charge < -0.3 is 15.2 Å². The van der Waals surface area contributed by atoms with Crippen LogP contribution >= 0.6 is 24.0 Å². The van der Waals surface area contributed by atoms with Crippen LogP contribution in [0.25, 0.3) is 0 Å². The third-order valence-corrected chi connectivity index (χ3v) is 4.33. The zero-order valence-electron chi connectivity index (χ0n) is 16.4. The molecule has 0 aliphatic carbocycles. The molecule has 3 rings (SSSR count). The van der Waals surface area contributed by atoms with E-state index in [2.05, 4.69) is 75.6 Å². The first-order valence-corrected chi connectivity index (χ1v) is 9.36. The molecule has 0 amide bonds. The van der Waals surface area contributed by atoms with E-state index in [4.69, 9.17) is 4.99 Å². The lowest BCUT2D eigenvalue weighted by Gasteiger charge is -2.12.